The zero-order chi connectivity index (χ0) is 13.1. The van der Waals surface area contributed by atoms with E-state index in [1.807, 2.05) is 23.1 Å². The number of carbonyl (C=O) groups excluding carboxylic acids is 1. The van der Waals surface area contributed by atoms with Gasteiger partial charge in [0.2, 0.25) is 5.91 Å². The van der Waals surface area contributed by atoms with Crippen molar-refractivity contribution in [2.75, 3.05) is 13.1 Å². The summed E-state index contributed by atoms with van der Waals surface area (Å²) in [6, 6.07) is 5.78. The van der Waals surface area contributed by atoms with E-state index in [1.54, 1.807) is 0 Å². The van der Waals surface area contributed by atoms with Gasteiger partial charge < -0.3 is 10.6 Å². The molecule has 1 amide bonds. The minimum absolute atomic E-state index is 0. The average molecular weight is 368 g/mol. The van der Waals surface area contributed by atoms with Gasteiger partial charge in [0, 0.05) is 35.0 Å². The van der Waals surface area contributed by atoms with Crippen molar-refractivity contribution in [3.8, 4) is 0 Å². The van der Waals surface area contributed by atoms with Crippen molar-refractivity contribution in [3.63, 3.8) is 0 Å². The first-order valence-corrected chi connectivity index (χ1v) is 7.20. The van der Waals surface area contributed by atoms with Gasteiger partial charge in [0.15, 0.2) is 0 Å². The molecule has 19 heavy (non-hydrogen) atoms. The summed E-state index contributed by atoms with van der Waals surface area (Å²) in [5.41, 5.74) is 6.86. The summed E-state index contributed by atoms with van der Waals surface area (Å²) in [5.74, 6) is 0.176. The third kappa shape index (κ3) is 4.63. The van der Waals surface area contributed by atoms with Crippen LogP contribution in [0.15, 0.2) is 22.7 Å². The molecule has 1 aromatic carbocycles. The number of rotatable bonds is 3. The Bertz CT molecular complexity index is 456. The van der Waals surface area contributed by atoms with E-state index in [9.17, 15) is 4.79 Å². The molecule has 2 N–H and O–H groups in total. The number of aryl methyl sites for hydroxylation is 1. The molecule has 1 heterocycles. The average Bonchev–Trinajstić information content (AvgIpc) is 2.77. The number of amides is 1. The number of benzene rings is 1. The lowest BCUT2D eigenvalue weighted by Crippen LogP contribution is -2.31. The minimum atomic E-state index is 0. The van der Waals surface area contributed by atoms with Crippen LogP contribution in [0.1, 0.15) is 18.4 Å². The molecule has 1 aromatic rings. The van der Waals surface area contributed by atoms with Crippen LogP contribution in [-0.4, -0.2) is 29.9 Å². The maximum Gasteiger partial charge on any atom is 0.222 e. The van der Waals surface area contributed by atoms with Crippen molar-refractivity contribution >= 4 is 45.8 Å². The molecule has 0 saturated carbocycles. The topological polar surface area (TPSA) is 46.3 Å². The van der Waals surface area contributed by atoms with E-state index in [4.69, 9.17) is 17.3 Å². The Morgan fingerprint density at radius 1 is 1.53 bits per heavy atom. The van der Waals surface area contributed by atoms with E-state index in [-0.39, 0.29) is 24.4 Å². The molecule has 6 heteroatoms. The van der Waals surface area contributed by atoms with Crippen molar-refractivity contribution in [1.82, 2.24) is 4.90 Å². The maximum absolute atomic E-state index is 12.0. The van der Waals surface area contributed by atoms with Gasteiger partial charge in [-0.25, -0.2) is 0 Å². The third-order valence-corrected chi connectivity index (χ3v) is 4.20. The molecule has 0 unspecified atom stereocenters. The fraction of sp³-hybridized carbons (Fsp3) is 0.462. The Kier molecular flexibility index (Phi) is 6.60. The molecule has 1 saturated heterocycles. The molecule has 1 fully saturated rings. The standard InChI is InChI=1S/C13H16BrClN2O.ClH/c14-12-3-2-10(15)7-9(12)1-4-13(18)17-6-5-11(16)8-17;/h2-3,7,11H,1,4-6,8,16H2;1H/t11-;/m0./s1. The molecule has 0 bridgehead atoms. The highest BCUT2D eigenvalue weighted by Gasteiger charge is 2.23. The van der Waals surface area contributed by atoms with Crippen LogP contribution < -0.4 is 5.73 Å². The second-order valence-electron chi connectivity index (χ2n) is 4.62. The molecule has 1 atom stereocenters. The van der Waals surface area contributed by atoms with Crippen LogP contribution in [0.4, 0.5) is 0 Å². The molecule has 0 radical (unpaired) electrons. The maximum atomic E-state index is 12.0. The first-order chi connectivity index (χ1) is 8.56. The second kappa shape index (κ2) is 7.48. The lowest BCUT2D eigenvalue weighted by Gasteiger charge is -2.15. The molecule has 2 rings (SSSR count). The van der Waals surface area contributed by atoms with Gasteiger partial charge >= 0.3 is 0 Å². The van der Waals surface area contributed by atoms with Crippen LogP contribution in [0.3, 0.4) is 0 Å². The fourth-order valence-corrected chi connectivity index (χ4v) is 2.79. The summed E-state index contributed by atoms with van der Waals surface area (Å²) in [6.07, 6.45) is 2.12. The van der Waals surface area contributed by atoms with E-state index < -0.39 is 0 Å². The van der Waals surface area contributed by atoms with Crippen LogP contribution >= 0.6 is 39.9 Å². The number of likely N-dealkylation sites (tertiary alicyclic amines) is 1. The third-order valence-electron chi connectivity index (χ3n) is 3.19. The zero-order valence-electron chi connectivity index (χ0n) is 10.4. The molecule has 1 aliphatic heterocycles. The molecule has 106 valence electrons. The largest absolute Gasteiger partial charge is 0.341 e. The van der Waals surface area contributed by atoms with Crippen LogP contribution in [0.2, 0.25) is 5.02 Å². The highest BCUT2D eigenvalue weighted by atomic mass is 79.9. The van der Waals surface area contributed by atoms with Crippen molar-refractivity contribution in [3.05, 3.63) is 33.3 Å². The van der Waals surface area contributed by atoms with Crippen molar-refractivity contribution in [2.24, 2.45) is 5.73 Å². The zero-order valence-corrected chi connectivity index (χ0v) is 13.6. The second-order valence-corrected chi connectivity index (χ2v) is 5.92. The van der Waals surface area contributed by atoms with Crippen molar-refractivity contribution < 1.29 is 4.79 Å². The number of carbonyl (C=O) groups is 1. The summed E-state index contributed by atoms with van der Waals surface area (Å²) in [4.78, 5) is 13.8. The van der Waals surface area contributed by atoms with Crippen molar-refractivity contribution in [2.45, 2.75) is 25.3 Å². The number of hydrogen-bond donors (Lipinski definition) is 1. The fourth-order valence-electron chi connectivity index (χ4n) is 2.15. The van der Waals surface area contributed by atoms with Gasteiger partial charge in [-0.1, -0.05) is 27.5 Å². The summed E-state index contributed by atoms with van der Waals surface area (Å²) < 4.78 is 0.998. The Labute approximate surface area is 133 Å². The Morgan fingerprint density at radius 2 is 2.26 bits per heavy atom. The van der Waals surface area contributed by atoms with Crippen LogP contribution in [0, 0.1) is 0 Å². The highest BCUT2D eigenvalue weighted by Crippen LogP contribution is 2.23. The Hall–Kier alpha value is -0.290. The smallest absolute Gasteiger partial charge is 0.222 e. The summed E-state index contributed by atoms with van der Waals surface area (Å²) in [7, 11) is 0. The summed E-state index contributed by atoms with van der Waals surface area (Å²) >= 11 is 9.42. The molecular formula is C13H17BrCl2N2O. The lowest BCUT2D eigenvalue weighted by atomic mass is 10.1. The van der Waals surface area contributed by atoms with Crippen LogP contribution in [0.5, 0.6) is 0 Å². The number of hydrogen-bond acceptors (Lipinski definition) is 2. The first kappa shape index (κ1) is 16.8. The number of halogens is 3. The first-order valence-electron chi connectivity index (χ1n) is 6.03. The van der Waals surface area contributed by atoms with E-state index >= 15 is 0 Å². The molecule has 0 aromatic heterocycles. The van der Waals surface area contributed by atoms with Crippen LogP contribution in [-0.2, 0) is 11.2 Å². The quantitative estimate of drug-likeness (QED) is 0.892. The minimum Gasteiger partial charge on any atom is -0.341 e. The van der Waals surface area contributed by atoms with Gasteiger partial charge in [-0.3, -0.25) is 4.79 Å². The van der Waals surface area contributed by atoms with Crippen LogP contribution in [0.25, 0.3) is 0 Å². The highest BCUT2D eigenvalue weighted by molar-refractivity contribution is 9.10. The molecular weight excluding hydrogens is 351 g/mol. The van der Waals surface area contributed by atoms with Gasteiger partial charge in [-0.2, -0.15) is 0 Å². The molecule has 3 nitrogen and oxygen atoms in total. The lowest BCUT2D eigenvalue weighted by molar-refractivity contribution is -0.130. The SMILES string of the molecule is Cl.N[C@H]1CCN(C(=O)CCc2cc(Cl)ccc2Br)C1. The van der Waals surface area contributed by atoms with Gasteiger partial charge in [0.05, 0.1) is 0 Å². The Morgan fingerprint density at radius 3 is 2.89 bits per heavy atom. The normalized spacial score (nSPS) is 18.3. The van der Waals surface area contributed by atoms with E-state index in [2.05, 4.69) is 15.9 Å². The predicted molar refractivity (Wildman–Crippen MR) is 83.9 cm³/mol. The van der Waals surface area contributed by atoms with Gasteiger partial charge in [-0.05, 0) is 36.6 Å². The Balaban J connectivity index is 0.00000180. The van der Waals surface area contributed by atoms with Gasteiger partial charge in [0.25, 0.3) is 0 Å². The number of nitrogens with two attached hydrogens (primary N) is 1. The van der Waals surface area contributed by atoms with Gasteiger partial charge in [0.1, 0.15) is 0 Å². The molecule has 1 aliphatic rings. The summed E-state index contributed by atoms with van der Waals surface area (Å²) in [6.45, 7) is 1.48. The summed E-state index contributed by atoms with van der Waals surface area (Å²) in [5, 5.41) is 0.698. The van der Waals surface area contributed by atoms with E-state index in [0.717, 1.165) is 23.0 Å². The molecule has 0 aliphatic carbocycles. The van der Waals surface area contributed by atoms with E-state index in [1.165, 1.54) is 0 Å². The monoisotopic (exact) mass is 366 g/mol. The number of nitrogens with zero attached hydrogens (tertiary/aromatic N) is 1. The van der Waals surface area contributed by atoms with Gasteiger partial charge in [-0.15, -0.1) is 12.4 Å². The predicted octanol–water partition coefficient (Wildman–Crippen LogP) is 3.02. The van der Waals surface area contributed by atoms with E-state index in [0.29, 0.717) is 24.4 Å². The molecule has 0 spiro atoms. The van der Waals surface area contributed by atoms with Crippen molar-refractivity contribution in [1.29, 1.82) is 0 Å².